The molecule has 0 atom stereocenters. The van der Waals surface area contributed by atoms with E-state index in [0.717, 1.165) is 0 Å². The first-order chi connectivity index (χ1) is 9.31. The quantitative estimate of drug-likeness (QED) is 0.416. The first-order valence-electron chi connectivity index (χ1n) is 4.40. The van der Waals surface area contributed by atoms with E-state index in [1.807, 2.05) is 0 Å². The van der Waals surface area contributed by atoms with Crippen molar-refractivity contribution in [3.8, 4) is 0 Å². The average Bonchev–Trinajstić information content (AvgIpc) is 2.06. The fourth-order valence-corrected chi connectivity index (χ4v) is 1.04. The van der Waals surface area contributed by atoms with Gasteiger partial charge in [0.05, 0.1) is 0 Å². The SMILES string of the molecule is FC(C(F)=C(C(F)(F)F)C(F)(F)F)=C(C(F)(F)F)C(F)(F)F. The summed E-state index contributed by atoms with van der Waals surface area (Å²) < 4.78 is 169. The van der Waals surface area contributed by atoms with Gasteiger partial charge in [0.15, 0.2) is 22.8 Å². The van der Waals surface area contributed by atoms with E-state index in [1.165, 1.54) is 0 Å². The molecule has 0 saturated heterocycles. The number of allylic oxidation sites excluding steroid dienone is 4. The van der Waals surface area contributed by atoms with Gasteiger partial charge in [-0.25, -0.2) is 8.78 Å². The second-order valence-electron chi connectivity index (χ2n) is 3.37. The Bertz CT molecular complexity index is 397. The van der Waals surface area contributed by atoms with Crippen LogP contribution in [0.1, 0.15) is 0 Å². The molecule has 0 rings (SSSR count). The molecule has 14 heteroatoms. The van der Waals surface area contributed by atoms with Crippen LogP contribution < -0.4 is 0 Å². The minimum absolute atomic E-state index is 4.37. The zero-order valence-electron chi connectivity index (χ0n) is 9.29. The van der Waals surface area contributed by atoms with Crippen molar-refractivity contribution in [1.82, 2.24) is 0 Å². The molecule has 0 aliphatic carbocycles. The van der Waals surface area contributed by atoms with Crippen LogP contribution in [0.25, 0.3) is 0 Å². The first-order valence-corrected chi connectivity index (χ1v) is 4.40. The van der Waals surface area contributed by atoms with Crippen LogP contribution >= 0.6 is 0 Å². The molecule has 0 saturated carbocycles. The molecule has 0 aliphatic heterocycles. The minimum Gasteiger partial charge on any atom is -0.203 e. The maximum absolute atomic E-state index is 12.8. The van der Waals surface area contributed by atoms with Crippen molar-refractivity contribution in [2.45, 2.75) is 24.7 Å². The van der Waals surface area contributed by atoms with E-state index in [2.05, 4.69) is 0 Å². The summed E-state index contributed by atoms with van der Waals surface area (Å²) in [7, 11) is 0. The topological polar surface area (TPSA) is 0 Å². The lowest BCUT2D eigenvalue weighted by molar-refractivity contribution is -0.179. The van der Waals surface area contributed by atoms with Gasteiger partial charge in [-0.1, -0.05) is 0 Å². The summed E-state index contributed by atoms with van der Waals surface area (Å²) in [6, 6.07) is 0. The monoisotopic (exact) mass is 362 g/mol. The molecule has 0 aliphatic rings. The number of halogens is 14. The van der Waals surface area contributed by atoms with Crippen molar-refractivity contribution in [2.24, 2.45) is 0 Å². The highest BCUT2D eigenvalue weighted by molar-refractivity contribution is 5.37. The number of alkyl halides is 12. The Labute approximate surface area is 110 Å². The van der Waals surface area contributed by atoms with E-state index >= 15 is 0 Å². The van der Waals surface area contributed by atoms with E-state index in [0.29, 0.717) is 0 Å². The van der Waals surface area contributed by atoms with E-state index in [9.17, 15) is 61.5 Å². The van der Waals surface area contributed by atoms with E-state index in [4.69, 9.17) is 0 Å². The molecule has 0 heterocycles. The largest absolute Gasteiger partial charge is 0.424 e. The minimum atomic E-state index is -6.79. The summed E-state index contributed by atoms with van der Waals surface area (Å²) in [6.07, 6.45) is -27.2. The summed E-state index contributed by atoms with van der Waals surface area (Å²) in [5.41, 5.74) is -8.94. The fourth-order valence-electron chi connectivity index (χ4n) is 1.04. The van der Waals surface area contributed by atoms with Crippen molar-refractivity contribution in [3.63, 3.8) is 0 Å². The molecule has 0 bridgehead atoms. The van der Waals surface area contributed by atoms with Crippen LogP contribution in [0, 0.1) is 0 Å². The highest BCUT2D eigenvalue weighted by Gasteiger charge is 2.58. The Balaban J connectivity index is 6.73. The molecule has 0 fully saturated rings. The maximum atomic E-state index is 12.8. The van der Waals surface area contributed by atoms with Crippen molar-refractivity contribution in [1.29, 1.82) is 0 Å². The van der Waals surface area contributed by atoms with Crippen molar-refractivity contribution in [3.05, 3.63) is 22.8 Å². The Morgan fingerprint density at radius 3 is 0.591 bits per heavy atom. The van der Waals surface area contributed by atoms with Gasteiger partial charge in [-0.05, 0) is 0 Å². The molecule has 0 unspecified atom stereocenters. The van der Waals surface area contributed by atoms with Crippen LogP contribution in [0.15, 0.2) is 22.8 Å². The van der Waals surface area contributed by atoms with Gasteiger partial charge in [0.2, 0.25) is 0 Å². The third kappa shape index (κ3) is 4.76. The molecule has 0 N–H and O–H groups in total. The molecule has 0 radical (unpaired) electrons. The Morgan fingerprint density at radius 1 is 0.364 bits per heavy atom. The lowest BCUT2D eigenvalue weighted by Gasteiger charge is -2.18. The van der Waals surface area contributed by atoms with E-state index in [-0.39, 0.29) is 0 Å². The van der Waals surface area contributed by atoms with Crippen LogP contribution in [-0.2, 0) is 0 Å². The van der Waals surface area contributed by atoms with Gasteiger partial charge in [0.25, 0.3) is 0 Å². The zero-order chi connectivity index (χ0) is 18.3. The molecule has 22 heavy (non-hydrogen) atoms. The second kappa shape index (κ2) is 5.61. The van der Waals surface area contributed by atoms with Gasteiger partial charge in [-0.2, -0.15) is 52.7 Å². The van der Waals surface area contributed by atoms with Crippen molar-refractivity contribution < 1.29 is 61.5 Å². The van der Waals surface area contributed by atoms with Gasteiger partial charge >= 0.3 is 24.7 Å². The van der Waals surface area contributed by atoms with Crippen LogP contribution in [-0.4, -0.2) is 24.7 Å². The average molecular weight is 362 g/mol. The Hall–Kier alpha value is -1.50. The molecule has 0 spiro atoms. The maximum Gasteiger partial charge on any atom is 0.424 e. The highest BCUT2D eigenvalue weighted by Crippen LogP contribution is 2.47. The highest BCUT2D eigenvalue weighted by atomic mass is 19.4. The molecule has 0 amide bonds. The molecular weight excluding hydrogens is 362 g/mol. The third-order valence-electron chi connectivity index (χ3n) is 1.77. The number of hydrogen-bond acceptors (Lipinski definition) is 0. The smallest absolute Gasteiger partial charge is 0.203 e. The predicted molar refractivity (Wildman–Crippen MR) is 40.5 cm³/mol. The summed E-state index contributed by atoms with van der Waals surface area (Å²) in [5, 5.41) is 0. The first kappa shape index (κ1) is 20.5. The van der Waals surface area contributed by atoms with Gasteiger partial charge in [-0.15, -0.1) is 0 Å². The molecule has 0 nitrogen and oxygen atoms in total. The van der Waals surface area contributed by atoms with E-state index in [1.54, 1.807) is 0 Å². The predicted octanol–water partition coefficient (Wildman–Crippen LogP) is 5.68. The summed E-state index contributed by atoms with van der Waals surface area (Å²) >= 11 is 0. The molecule has 0 aromatic rings. The summed E-state index contributed by atoms with van der Waals surface area (Å²) in [6.45, 7) is 0. The van der Waals surface area contributed by atoms with Crippen molar-refractivity contribution >= 4 is 0 Å². The van der Waals surface area contributed by atoms with Crippen LogP contribution in [0.4, 0.5) is 61.5 Å². The zero-order valence-corrected chi connectivity index (χ0v) is 9.29. The summed E-state index contributed by atoms with van der Waals surface area (Å²) in [4.78, 5) is 0. The van der Waals surface area contributed by atoms with Gasteiger partial charge in [-0.3, -0.25) is 0 Å². The number of rotatable bonds is 1. The lowest BCUT2D eigenvalue weighted by Crippen LogP contribution is -2.30. The van der Waals surface area contributed by atoms with Gasteiger partial charge < -0.3 is 0 Å². The van der Waals surface area contributed by atoms with Gasteiger partial charge in [0.1, 0.15) is 0 Å². The van der Waals surface area contributed by atoms with E-state index < -0.39 is 47.5 Å². The van der Waals surface area contributed by atoms with Crippen molar-refractivity contribution in [2.75, 3.05) is 0 Å². The van der Waals surface area contributed by atoms with Crippen LogP contribution in [0.2, 0.25) is 0 Å². The molecule has 0 aromatic heterocycles. The second-order valence-corrected chi connectivity index (χ2v) is 3.37. The van der Waals surface area contributed by atoms with Gasteiger partial charge in [0, 0.05) is 0 Å². The Kier molecular flexibility index (Phi) is 5.22. The summed E-state index contributed by atoms with van der Waals surface area (Å²) in [5.74, 6) is -8.74. The Morgan fingerprint density at radius 2 is 0.500 bits per heavy atom. The lowest BCUT2D eigenvalue weighted by atomic mass is 10.1. The third-order valence-corrected chi connectivity index (χ3v) is 1.77. The van der Waals surface area contributed by atoms with Crippen LogP contribution in [0.5, 0.6) is 0 Å². The fraction of sp³-hybridized carbons (Fsp3) is 0.500. The molecular formula is C8F14. The van der Waals surface area contributed by atoms with Crippen LogP contribution in [0.3, 0.4) is 0 Å². The normalized spacial score (nSPS) is 13.9. The standard InChI is InChI=1S/C8F14/c9-1(3(5(11,12)13)6(14,15)16)2(10)4(7(17,18)19)8(20,21)22. The molecule has 0 aromatic carbocycles. The number of hydrogen-bond donors (Lipinski definition) is 0. The molecule has 130 valence electrons.